The van der Waals surface area contributed by atoms with Gasteiger partial charge in [-0.25, -0.2) is 4.79 Å². The van der Waals surface area contributed by atoms with Crippen LogP contribution in [0.1, 0.15) is 18.1 Å². The molecule has 4 aromatic rings. The zero-order chi connectivity index (χ0) is 19.0. The van der Waals surface area contributed by atoms with E-state index in [1.54, 1.807) is 10.9 Å². The lowest BCUT2D eigenvalue weighted by molar-refractivity contribution is 0.249. The number of urea groups is 1. The number of amides is 2. The number of nitrogens with zero attached hydrogens (tertiary/aromatic N) is 2. The molecule has 2 aromatic carbocycles. The van der Waals surface area contributed by atoms with Crippen LogP contribution in [0.4, 0.5) is 10.5 Å². The zero-order valence-electron chi connectivity index (χ0n) is 15.7. The first-order valence-corrected chi connectivity index (χ1v) is 9.06. The third kappa shape index (κ3) is 3.38. The predicted octanol–water partition coefficient (Wildman–Crippen LogP) is 4.12. The first kappa shape index (κ1) is 17.1. The Balaban J connectivity index is 1.45. The lowest BCUT2D eigenvalue weighted by Gasteiger charge is -2.15. The molecule has 0 saturated heterocycles. The van der Waals surface area contributed by atoms with Gasteiger partial charge in [0, 0.05) is 35.6 Å². The largest absolute Gasteiger partial charge is 0.361 e. The second-order valence-electron chi connectivity index (χ2n) is 7.07. The number of nitrogens with one attached hydrogen (secondary N) is 3. The average Bonchev–Trinajstić information content (AvgIpc) is 3.19. The van der Waals surface area contributed by atoms with Crippen LogP contribution < -0.4 is 10.6 Å². The van der Waals surface area contributed by atoms with E-state index in [0.717, 1.165) is 28.5 Å². The summed E-state index contributed by atoms with van der Waals surface area (Å²) in [6, 6.07) is 11.9. The Labute approximate surface area is 157 Å². The Morgan fingerprint density at radius 1 is 1.26 bits per heavy atom. The minimum atomic E-state index is -0.213. The molecule has 6 heteroatoms. The fourth-order valence-electron chi connectivity index (χ4n) is 3.51. The molecule has 138 valence electrons. The summed E-state index contributed by atoms with van der Waals surface area (Å²) in [4.78, 5) is 15.8. The van der Waals surface area contributed by atoms with Crippen LogP contribution in [0.25, 0.3) is 21.8 Å². The van der Waals surface area contributed by atoms with E-state index in [9.17, 15) is 4.79 Å². The molecule has 0 saturated carbocycles. The van der Waals surface area contributed by atoms with Crippen LogP contribution in [0.3, 0.4) is 0 Å². The highest BCUT2D eigenvalue weighted by Crippen LogP contribution is 2.23. The maximum Gasteiger partial charge on any atom is 0.319 e. The van der Waals surface area contributed by atoms with E-state index < -0.39 is 0 Å². The molecule has 0 fully saturated rings. The first-order chi connectivity index (χ1) is 13.0. The monoisotopic (exact) mass is 361 g/mol. The Hall–Kier alpha value is -3.28. The molecule has 0 spiro atoms. The molecule has 0 bridgehead atoms. The van der Waals surface area contributed by atoms with E-state index in [0.29, 0.717) is 0 Å². The van der Waals surface area contributed by atoms with Gasteiger partial charge in [-0.05, 0) is 50.1 Å². The molecule has 0 aliphatic rings. The number of aromatic amines is 1. The summed E-state index contributed by atoms with van der Waals surface area (Å²) in [6.45, 7) is 4.10. The number of hydrogen-bond donors (Lipinski definition) is 3. The molecular weight excluding hydrogens is 338 g/mol. The fourth-order valence-corrected chi connectivity index (χ4v) is 3.51. The van der Waals surface area contributed by atoms with Crippen LogP contribution in [-0.4, -0.2) is 26.8 Å². The standard InChI is InChI=1S/C21H23N5O/c1-13-7-8-18-16(9-13)15(11-22-18)10-14(2)24-21(27)25-19-5-4-6-20-17(19)12-23-26(20)3/h4-9,11-12,14,22H,10H2,1-3H3,(H2,24,25,27). The summed E-state index contributed by atoms with van der Waals surface area (Å²) in [5.74, 6) is 0. The van der Waals surface area contributed by atoms with Crippen molar-refractivity contribution in [1.29, 1.82) is 0 Å². The zero-order valence-corrected chi connectivity index (χ0v) is 15.7. The number of rotatable bonds is 4. The van der Waals surface area contributed by atoms with Crippen LogP contribution in [0.15, 0.2) is 48.8 Å². The lowest BCUT2D eigenvalue weighted by atomic mass is 10.0. The third-order valence-corrected chi connectivity index (χ3v) is 4.87. The van der Waals surface area contributed by atoms with Crippen molar-refractivity contribution < 1.29 is 4.79 Å². The molecule has 1 atom stereocenters. The highest BCUT2D eigenvalue weighted by atomic mass is 16.2. The van der Waals surface area contributed by atoms with Gasteiger partial charge in [-0.1, -0.05) is 17.7 Å². The Morgan fingerprint density at radius 3 is 2.96 bits per heavy atom. The number of H-pyrrole nitrogens is 1. The molecule has 0 aliphatic carbocycles. The van der Waals surface area contributed by atoms with Crippen molar-refractivity contribution in [3.63, 3.8) is 0 Å². The van der Waals surface area contributed by atoms with Crippen LogP contribution in [-0.2, 0) is 13.5 Å². The summed E-state index contributed by atoms with van der Waals surface area (Å²) < 4.78 is 1.79. The summed E-state index contributed by atoms with van der Waals surface area (Å²) in [5.41, 5.74) is 5.29. The third-order valence-electron chi connectivity index (χ3n) is 4.87. The average molecular weight is 361 g/mol. The van der Waals surface area contributed by atoms with Gasteiger partial charge in [0.2, 0.25) is 0 Å². The lowest BCUT2D eigenvalue weighted by Crippen LogP contribution is -2.37. The molecule has 0 radical (unpaired) electrons. The summed E-state index contributed by atoms with van der Waals surface area (Å²) in [5, 5.41) is 12.4. The highest BCUT2D eigenvalue weighted by Gasteiger charge is 2.13. The number of carbonyl (C=O) groups excluding carboxylic acids is 1. The van der Waals surface area contributed by atoms with Crippen molar-refractivity contribution in [3.05, 3.63) is 59.9 Å². The van der Waals surface area contributed by atoms with Crippen LogP contribution in [0.2, 0.25) is 0 Å². The van der Waals surface area contributed by atoms with Crippen molar-refractivity contribution in [3.8, 4) is 0 Å². The van der Waals surface area contributed by atoms with Crippen molar-refractivity contribution in [1.82, 2.24) is 20.1 Å². The van der Waals surface area contributed by atoms with Gasteiger partial charge in [0.15, 0.2) is 0 Å². The minimum absolute atomic E-state index is 0.00221. The molecular formula is C21H23N5O. The van der Waals surface area contributed by atoms with Gasteiger partial charge < -0.3 is 15.6 Å². The van der Waals surface area contributed by atoms with E-state index in [-0.39, 0.29) is 12.1 Å². The number of hydrogen-bond acceptors (Lipinski definition) is 2. The molecule has 2 amide bonds. The van der Waals surface area contributed by atoms with Gasteiger partial charge in [0.1, 0.15) is 0 Å². The molecule has 4 rings (SSSR count). The molecule has 3 N–H and O–H groups in total. The highest BCUT2D eigenvalue weighted by molar-refractivity contribution is 6.00. The van der Waals surface area contributed by atoms with Crippen LogP contribution in [0, 0.1) is 6.92 Å². The quantitative estimate of drug-likeness (QED) is 0.511. The second-order valence-corrected chi connectivity index (χ2v) is 7.07. The van der Waals surface area contributed by atoms with Gasteiger partial charge in [0.25, 0.3) is 0 Å². The Kier molecular flexibility index (Phi) is 4.32. The topological polar surface area (TPSA) is 74.7 Å². The number of aryl methyl sites for hydroxylation is 2. The second kappa shape index (κ2) is 6.79. The van der Waals surface area contributed by atoms with Crippen LogP contribution in [0.5, 0.6) is 0 Å². The van der Waals surface area contributed by atoms with Crippen molar-refractivity contribution >= 4 is 33.5 Å². The van der Waals surface area contributed by atoms with Gasteiger partial charge in [0.05, 0.1) is 17.4 Å². The van der Waals surface area contributed by atoms with Gasteiger partial charge >= 0.3 is 6.03 Å². The maximum atomic E-state index is 12.5. The fraction of sp³-hybridized carbons (Fsp3) is 0.238. The van der Waals surface area contributed by atoms with Crippen molar-refractivity contribution in [2.45, 2.75) is 26.3 Å². The summed E-state index contributed by atoms with van der Waals surface area (Å²) in [7, 11) is 1.89. The van der Waals surface area contributed by atoms with Gasteiger partial charge in [-0.3, -0.25) is 4.68 Å². The van der Waals surface area contributed by atoms with E-state index in [2.05, 4.69) is 45.8 Å². The van der Waals surface area contributed by atoms with E-state index in [1.807, 2.05) is 38.4 Å². The van der Waals surface area contributed by atoms with Crippen molar-refractivity contribution in [2.24, 2.45) is 7.05 Å². The van der Waals surface area contributed by atoms with E-state index >= 15 is 0 Å². The summed E-state index contributed by atoms with van der Waals surface area (Å²) in [6.07, 6.45) is 4.55. The Morgan fingerprint density at radius 2 is 2.11 bits per heavy atom. The SMILES string of the molecule is Cc1ccc2[nH]cc(CC(C)NC(=O)Nc3cccc4c3cnn4C)c2c1. The molecule has 27 heavy (non-hydrogen) atoms. The normalized spacial score (nSPS) is 12.4. The Bertz CT molecular complexity index is 1120. The molecule has 2 aromatic heterocycles. The predicted molar refractivity (Wildman–Crippen MR) is 109 cm³/mol. The number of fused-ring (bicyclic) bond motifs is 2. The number of benzene rings is 2. The minimum Gasteiger partial charge on any atom is -0.361 e. The molecule has 6 nitrogen and oxygen atoms in total. The number of aromatic nitrogens is 3. The van der Waals surface area contributed by atoms with Crippen molar-refractivity contribution in [2.75, 3.05) is 5.32 Å². The molecule has 0 aliphatic heterocycles. The summed E-state index contributed by atoms with van der Waals surface area (Å²) >= 11 is 0. The molecule has 1 unspecified atom stereocenters. The van der Waals surface area contributed by atoms with Crippen LogP contribution >= 0.6 is 0 Å². The van der Waals surface area contributed by atoms with E-state index in [4.69, 9.17) is 0 Å². The number of carbonyl (C=O) groups is 1. The van der Waals surface area contributed by atoms with Gasteiger partial charge in [-0.15, -0.1) is 0 Å². The maximum absolute atomic E-state index is 12.5. The first-order valence-electron chi connectivity index (χ1n) is 9.06. The van der Waals surface area contributed by atoms with Gasteiger partial charge in [-0.2, -0.15) is 5.10 Å². The molecule has 2 heterocycles. The van der Waals surface area contributed by atoms with E-state index in [1.165, 1.54) is 16.5 Å². The smallest absolute Gasteiger partial charge is 0.319 e. The number of anilines is 1.